The van der Waals surface area contributed by atoms with Gasteiger partial charge < -0.3 is 24.4 Å². The molecule has 0 aromatic rings. The van der Waals surface area contributed by atoms with Crippen molar-refractivity contribution in [2.75, 3.05) is 13.2 Å². The van der Waals surface area contributed by atoms with E-state index in [1.54, 1.807) is 20.8 Å². The largest absolute Gasteiger partial charge is 0.449 e. The summed E-state index contributed by atoms with van der Waals surface area (Å²) in [4.78, 5) is 26.9. The number of Topliss-reactive ketones (excluding diaryl/α,β-unsaturated/α-hetero) is 1. The summed E-state index contributed by atoms with van der Waals surface area (Å²) < 4.78 is 18.7. The number of esters is 1. The zero-order valence-corrected chi connectivity index (χ0v) is 19.3. The zero-order chi connectivity index (χ0) is 23.2. The number of fused-ring (bicyclic) bond motifs is 2. The van der Waals surface area contributed by atoms with Crippen LogP contribution in [0.4, 0.5) is 0 Å². The van der Waals surface area contributed by atoms with Crippen LogP contribution in [0.5, 0.6) is 0 Å². The van der Waals surface area contributed by atoms with Crippen molar-refractivity contribution in [3.8, 4) is 0 Å². The second kappa shape index (κ2) is 6.50. The Morgan fingerprint density at radius 1 is 1.23 bits per heavy atom. The van der Waals surface area contributed by atoms with E-state index in [0.29, 0.717) is 25.0 Å². The molecule has 2 N–H and O–H groups in total. The average Bonchev–Trinajstić information content (AvgIpc) is 2.88. The molecule has 4 rings (SSSR count). The highest BCUT2D eigenvalue weighted by Crippen LogP contribution is 2.77. The second-order valence-electron chi connectivity index (χ2n) is 9.90. The molecule has 7 heteroatoms. The number of aliphatic hydroxyl groups is 2. The standard InChI is InChI=1S/C24H34O7/c1-8-29-19-14(5)10-11-21(30-9-2)20(7)12-16(25)31-24(19,21)22(27)15(6)17(13(3)4)18(26)23(20,22)28/h14,19,27-28H,3,8-12H2,1-2,4-7H3/t14?,19?,20?,21-,22?,23?,24?/m0/s1. The van der Waals surface area contributed by atoms with E-state index in [1.165, 1.54) is 0 Å². The van der Waals surface area contributed by atoms with Crippen molar-refractivity contribution in [1.82, 2.24) is 0 Å². The highest BCUT2D eigenvalue weighted by Gasteiger charge is 2.97. The van der Waals surface area contributed by atoms with Gasteiger partial charge in [-0.2, -0.15) is 0 Å². The molecule has 0 radical (unpaired) electrons. The van der Waals surface area contributed by atoms with Crippen LogP contribution < -0.4 is 0 Å². The molecule has 7 nitrogen and oxygen atoms in total. The first kappa shape index (κ1) is 22.6. The van der Waals surface area contributed by atoms with Gasteiger partial charge in [0, 0.05) is 18.8 Å². The molecule has 1 heterocycles. The Labute approximate surface area is 183 Å². The first-order valence-corrected chi connectivity index (χ1v) is 11.2. The Balaban J connectivity index is 2.19. The zero-order valence-electron chi connectivity index (χ0n) is 19.3. The van der Waals surface area contributed by atoms with E-state index in [0.717, 1.165) is 0 Å². The van der Waals surface area contributed by atoms with Crippen molar-refractivity contribution in [3.63, 3.8) is 0 Å². The smallest absolute Gasteiger partial charge is 0.307 e. The first-order chi connectivity index (χ1) is 14.4. The molecule has 3 fully saturated rings. The highest BCUT2D eigenvalue weighted by atomic mass is 16.6. The van der Waals surface area contributed by atoms with E-state index < -0.39 is 45.7 Å². The summed E-state index contributed by atoms with van der Waals surface area (Å²) >= 11 is 0. The highest BCUT2D eigenvalue weighted by molar-refractivity contribution is 6.13. The van der Waals surface area contributed by atoms with Crippen LogP contribution in [0.25, 0.3) is 0 Å². The van der Waals surface area contributed by atoms with Crippen LogP contribution in [0.1, 0.15) is 60.8 Å². The van der Waals surface area contributed by atoms with E-state index >= 15 is 0 Å². The average molecular weight is 435 g/mol. The Morgan fingerprint density at radius 3 is 2.42 bits per heavy atom. The lowest BCUT2D eigenvalue weighted by atomic mass is 9.55. The van der Waals surface area contributed by atoms with Gasteiger partial charge in [0.05, 0.1) is 11.8 Å². The van der Waals surface area contributed by atoms with Gasteiger partial charge in [0.2, 0.25) is 5.60 Å². The fourth-order valence-corrected chi connectivity index (χ4v) is 7.59. The van der Waals surface area contributed by atoms with Gasteiger partial charge in [-0.15, -0.1) is 0 Å². The molecule has 1 aliphatic heterocycles. The van der Waals surface area contributed by atoms with Gasteiger partial charge in [-0.3, -0.25) is 9.59 Å². The third-order valence-corrected chi connectivity index (χ3v) is 8.63. The van der Waals surface area contributed by atoms with Gasteiger partial charge in [-0.25, -0.2) is 0 Å². The van der Waals surface area contributed by atoms with Gasteiger partial charge >= 0.3 is 5.97 Å². The molecular formula is C24H34O7. The minimum Gasteiger partial charge on any atom is -0.449 e. The summed E-state index contributed by atoms with van der Waals surface area (Å²) in [7, 11) is 0. The molecule has 31 heavy (non-hydrogen) atoms. The molecule has 1 saturated heterocycles. The minimum atomic E-state index is -2.32. The molecule has 3 aliphatic carbocycles. The quantitative estimate of drug-likeness (QED) is 0.640. The predicted molar refractivity (Wildman–Crippen MR) is 112 cm³/mol. The van der Waals surface area contributed by atoms with E-state index in [2.05, 4.69) is 6.58 Å². The first-order valence-electron chi connectivity index (χ1n) is 11.2. The Hall–Kier alpha value is -1.54. The van der Waals surface area contributed by atoms with Crippen molar-refractivity contribution in [1.29, 1.82) is 0 Å². The van der Waals surface area contributed by atoms with E-state index in [1.807, 2.05) is 20.8 Å². The summed E-state index contributed by atoms with van der Waals surface area (Å²) in [6, 6.07) is 0. The van der Waals surface area contributed by atoms with Gasteiger partial charge in [0.1, 0.15) is 11.7 Å². The summed E-state index contributed by atoms with van der Waals surface area (Å²) in [6.45, 7) is 15.1. The molecule has 2 bridgehead atoms. The van der Waals surface area contributed by atoms with Gasteiger partial charge in [-0.1, -0.05) is 20.4 Å². The summed E-state index contributed by atoms with van der Waals surface area (Å²) in [5.74, 6) is -1.31. The molecule has 0 aromatic carbocycles. The number of ketones is 1. The summed E-state index contributed by atoms with van der Waals surface area (Å²) in [5, 5.41) is 24.9. The Morgan fingerprint density at radius 2 is 1.87 bits per heavy atom. The maximum Gasteiger partial charge on any atom is 0.307 e. The number of allylic oxidation sites excluding steroid dienone is 1. The number of carbonyl (C=O) groups excluding carboxylic acids is 2. The molecule has 6 unspecified atom stereocenters. The van der Waals surface area contributed by atoms with Gasteiger partial charge in [-0.05, 0) is 57.6 Å². The second-order valence-corrected chi connectivity index (χ2v) is 9.90. The van der Waals surface area contributed by atoms with E-state index in [-0.39, 0.29) is 30.1 Å². The van der Waals surface area contributed by atoms with Crippen LogP contribution in [0.15, 0.2) is 23.3 Å². The van der Waals surface area contributed by atoms with Crippen LogP contribution >= 0.6 is 0 Å². The Bertz CT molecular complexity index is 908. The number of carbonyl (C=O) groups is 2. The van der Waals surface area contributed by atoms with Gasteiger partial charge in [0.25, 0.3) is 0 Å². The predicted octanol–water partition coefficient (Wildman–Crippen LogP) is 2.24. The summed E-state index contributed by atoms with van der Waals surface area (Å²) in [5.41, 5.74) is -8.13. The van der Waals surface area contributed by atoms with Crippen molar-refractivity contribution in [2.24, 2.45) is 11.3 Å². The topological polar surface area (TPSA) is 102 Å². The van der Waals surface area contributed by atoms with Crippen LogP contribution in [0, 0.1) is 11.3 Å². The number of hydrogen-bond donors (Lipinski definition) is 2. The molecule has 0 spiro atoms. The fraction of sp³-hybridized carbons (Fsp3) is 0.750. The molecule has 2 saturated carbocycles. The lowest BCUT2D eigenvalue weighted by Crippen LogP contribution is -2.78. The molecule has 172 valence electrons. The fourth-order valence-electron chi connectivity index (χ4n) is 7.59. The molecule has 7 atom stereocenters. The molecule has 0 amide bonds. The molecular weight excluding hydrogens is 400 g/mol. The molecule has 4 aliphatic rings. The van der Waals surface area contributed by atoms with Crippen molar-refractivity contribution < 1.29 is 34.0 Å². The minimum absolute atomic E-state index is 0.105. The van der Waals surface area contributed by atoms with Crippen molar-refractivity contribution >= 4 is 11.8 Å². The number of ether oxygens (including phenoxy) is 3. The lowest BCUT2D eigenvalue weighted by Gasteiger charge is -2.62. The Kier molecular flexibility index (Phi) is 4.75. The third kappa shape index (κ3) is 1.97. The monoisotopic (exact) mass is 434 g/mol. The maximum atomic E-state index is 13.9. The van der Waals surface area contributed by atoms with Crippen LogP contribution in [0.3, 0.4) is 0 Å². The van der Waals surface area contributed by atoms with Crippen molar-refractivity contribution in [2.45, 2.75) is 89.3 Å². The van der Waals surface area contributed by atoms with Crippen LogP contribution in [-0.4, -0.2) is 63.7 Å². The third-order valence-electron chi connectivity index (χ3n) is 8.63. The SMILES string of the molecule is C=C(C)C1=C(C)C2(O)C(O)(C1=O)C1(C)CC(=O)OC23C(OCC)C(C)CC[C@]13OCC. The van der Waals surface area contributed by atoms with Crippen LogP contribution in [0.2, 0.25) is 0 Å². The number of rotatable bonds is 5. The van der Waals surface area contributed by atoms with Gasteiger partial charge in [0.15, 0.2) is 17.0 Å². The van der Waals surface area contributed by atoms with Crippen LogP contribution in [-0.2, 0) is 23.8 Å². The number of hydrogen-bond acceptors (Lipinski definition) is 7. The normalized spacial score (nSPS) is 48.5. The summed E-state index contributed by atoms with van der Waals surface area (Å²) in [6.07, 6.45) is 0.0787. The lowest BCUT2D eigenvalue weighted by molar-refractivity contribution is -0.325. The van der Waals surface area contributed by atoms with Crippen molar-refractivity contribution in [3.05, 3.63) is 23.3 Å². The van der Waals surface area contributed by atoms with E-state index in [9.17, 15) is 19.8 Å². The molecule has 0 aromatic heterocycles. The van der Waals surface area contributed by atoms with E-state index in [4.69, 9.17) is 14.2 Å². The maximum absolute atomic E-state index is 13.9.